The van der Waals surface area contributed by atoms with E-state index >= 15 is 0 Å². The summed E-state index contributed by atoms with van der Waals surface area (Å²) in [5.74, 6) is -3.05. The van der Waals surface area contributed by atoms with Crippen molar-refractivity contribution in [3.63, 3.8) is 0 Å². The Bertz CT molecular complexity index is 1140. The summed E-state index contributed by atoms with van der Waals surface area (Å²) in [5, 5.41) is 0. The van der Waals surface area contributed by atoms with E-state index in [9.17, 15) is 17.6 Å². The third-order valence-electron chi connectivity index (χ3n) is 6.06. The van der Waals surface area contributed by atoms with Crippen molar-refractivity contribution in [1.29, 1.82) is 0 Å². The third kappa shape index (κ3) is 6.28. The number of hydrogen-bond donors (Lipinski definition) is 0. The molecular formula is C28H28F4O3. The van der Waals surface area contributed by atoms with Gasteiger partial charge >= 0.3 is 0 Å². The molecule has 0 unspecified atom stereocenters. The molecule has 0 aromatic heterocycles. The quantitative estimate of drug-likeness (QED) is 0.231. The van der Waals surface area contributed by atoms with Crippen molar-refractivity contribution >= 4 is 0 Å². The van der Waals surface area contributed by atoms with Crippen LogP contribution in [0.1, 0.15) is 38.0 Å². The van der Waals surface area contributed by atoms with Crippen LogP contribution in [0.25, 0.3) is 22.3 Å². The Morgan fingerprint density at radius 3 is 2.00 bits per heavy atom. The van der Waals surface area contributed by atoms with Gasteiger partial charge in [0.1, 0.15) is 11.6 Å². The van der Waals surface area contributed by atoms with Crippen molar-refractivity contribution in [3.05, 3.63) is 83.4 Å². The lowest BCUT2D eigenvalue weighted by Gasteiger charge is -2.29. The Hall–Kier alpha value is -2.74. The lowest BCUT2D eigenvalue weighted by atomic mass is 9.98. The molecule has 4 rings (SSSR count). The number of halogens is 4. The summed E-state index contributed by atoms with van der Waals surface area (Å²) in [7, 11) is 0. The van der Waals surface area contributed by atoms with Gasteiger partial charge in [0.15, 0.2) is 17.9 Å². The molecule has 186 valence electrons. The van der Waals surface area contributed by atoms with Gasteiger partial charge in [-0.1, -0.05) is 43.7 Å². The summed E-state index contributed by atoms with van der Waals surface area (Å²) in [5.41, 5.74) is 1.37. The summed E-state index contributed by atoms with van der Waals surface area (Å²) in [6, 6.07) is 11.9. The smallest absolute Gasteiger partial charge is 0.183 e. The minimum Gasteiger partial charge on any atom is -0.381 e. The van der Waals surface area contributed by atoms with Crippen molar-refractivity contribution in [2.75, 3.05) is 26.4 Å². The summed E-state index contributed by atoms with van der Waals surface area (Å²) in [6.45, 7) is 4.55. The van der Waals surface area contributed by atoms with Crippen LogP contribution in [-0.2, 0) is 14.2 Å². The normalized spacial score (nSPS) is 18.1. The SMILES string of the molecule is CCCCOCCC1COC(c2ccc(-c3ccc(-c4ccc(F)c(F)c4)c(F)c3)c(F)c2)OC1. The molecule has 7 heteroatoms. The Kier molecular flexibility index (Phi) is 8.55. The number of ether oxygens (including phenoxy) is 3. The third-order valence-corrected chi connectivity index (χ3v) is 6.06. The largest absolute Gasteiger partial charge is 0.381 e. The molecular weight excluding hydrogens is 460 g/mol. The van der Waals surface area contributed by atoms with Gasteiger partial charge in [0.2, 0.25) is 0 Å². The van der Waals surface area contributed by atoms with E-state index in [2.05, 4.69) is 6.92 Å². The Morgan fingerprint density at radius 1 is 0.743 bits per heavy atom. The van der Waals surface area contributed by atoms with Gasteiger partial charge in [0.05, 0.1) is 13.2 Å². The van der Waals surface area contributed by atoms with E-state index in [4.69, 9.17) is 14.2 Å². The molecule has 35 heavy (non-hydrogen) atoms. The molecule has 3 aromatic carbocycles. The zero-order chi connectivity index (χ0) is 24.8. The van der Waals surface area contributed by atoms with Crippen LogP contribution in [0.3, 0.4) is 0 Å². The molecule has 3 aromatic rings. The first kappa shape index (κ1) is 25.4. The average Bonchev–Trinajstić information content (AvgIpc) is 2.86. The first-order valence-electron chi connectivity index (χ1n) is 11.8. The first-order valence-corrected chi connectivity index (χ1v) is 11.8. The predicted octanol–water partition coefficient (Wildman–Crippen LogP) is 7.45. The van der Waals surface area contributed by atoms with E-state index in [1.165, 1.54) is 24.3 Å². The van der Waals surface area contributed by atoms with Crippen LogP contribution < -0.4 is 0 Å². The molecule has 1 aliphatic rings. The van der Waals surface area contributed by atoms with Crippen molar-refractivity contribution in [1.82, 2.24) is 0 Å². The maximum absolute atomic E-state index is 14.9. The van der Waals surface area contributed by atoms with Crippen LogP contribution in [0.15, 0.2) is 54.6 Å². The van der Waals surface area contributed by atoms with E-state index in [0.29, 0.717) is 30.9 Å². The van der Waals surface area contributed by atoms with Gasteiger partial charge in [0.25, 0.3) is 0 Å². The van der Waals surface area contributed by atoms with Gasteiger partial charge in [0, 0.05) is 35.8 Å². The molecule has 1 heterocycles. The standard InChI is InChI=1S/C28H28F4O3/c1-2-3-11-33-12-10-18-16-34-28(35-17-18)21-5-8-23(26(31)15-21)19-4-7-22(25(30)13-19)20-6-9-24(29)27(32)14-20/h4-9,13-15,18,28H,2-3,10-12,16-17H2,1H3. The predicted molar refractivity (Wildman–Crippen MR) is 126 cm³/mol. The fourth-order valence-electron chi connectivity index (χ4n) is 3.99. The molecule has 1 saturated heterocycles. The van der Waals surface area contributed by atoms with E-state index in [1.807, 2.05) is 0 Å². The van der Waals surface area contributed by atoms with Gasteiger partial charge in [-0.25, -0.2) is 17.6 Å². The highest BCUT2D eigenvalue weighted by Gasteiger charge is 2.24. The van der Waals surface area contributed by atoms with E-state index < -0.39 is 29.6 Å². The van der Waals surface area contributed by atoms with E-state index in [-0.39, 0.29) is 22.6 Å². The van der Waals surface area contributed by atoms with Crippen molar-refractivity contribution in [3.8, 4) is 22.3 Å². The number of benzene rings is 3. The van der Waals surface area contributed by atoms with Crippen molar-refractivity contribution in [2.24, 2.45) is 5.92 Å². The minimum absolute atomic E-state index is 0.0963. The summed E-state index contributed by atoms with van der Waals surface area (Å²) >= 11 is 0. The zero-order valence-electron chi connectivity index (χ0n) is 19.5. The summed E-state index contributed by atoms with van der Waals surface area (Å²) < 4.78 is 73.6. The first-order chi connectivity index (χ1) is 17.0. The average molecular weight is 489 g/mol. The van der Waals surface area contributed by atoms with Crippen LogP contribution in [0, 0.1) is 29.2 Å². The summed E-state index contributed by atoms with van der Waals surface area (Å²) in [6.07, 6.45) is 2.33. The van der Waals surface area contributed by atoms with Crippen molar-refractivity contribution < 1.29 is 31.8 Å². The van der Waals surface area contributed by atoms with Gasteiger partial charge in [-0.3, -0.25) is 0 Å². The second-order valence-electron chi connectivity index (χ2n) is 8.68. The van der Waals surface area contributed by atoms with E-state index in [0.717, 1.165) is 38.0 Å². The molecule has 0 N–H and O–H groups in total. The fourth-order valence-corrected chi connectivity index (χ4v) is 3.99. The topological polar surface area (TPSA) is 27.7 Å². The molecule has 1 fully saturated rings. The fraction of sp³-hybridized carbons (Fsp3) is 0.357. The molecule has 1 aliphatic heterocycles. The molecule has 0 radical (unpaired) electrons. The van der Waals surface area contributed by atoms with Gasteiger partial charge in [-0.15, -0.1) is 0 Å². The molecule has 0 spiro atoms. The highest BCUT2D eigenvalue weighted by Crippen LogP contribution is 2.33. The molecule has 0 amide bonds. The molecule has 0 saturated carbocycles. The van der Waals surface area contributed by atoms with Crippen molar-refractivity contribution in [2.45, 2.75) is 32.5 Å². The molecule has 3 nitrogen and oxygen atoms in total. The maximum atomic E-state index is 14.9. The van der Waals surface area contributed by atoms with Gasteiger partial charge in [-0.05, 0) is 48.2 Å². The van der Waals surface area contributed by atoms with Crippen LogP contribution in [0.2, 0.25) is 0 Å². The number of hydrogen-bond acceptors (Lipinski definition) is 3. The Morgan fingerprint density at radius 2 is 1.37 bits per heavy atom. The number of rotatable bonds is 9. The van der Waals surface area contributed by atoms with Crippen LogP contribution in [0.5, 0.6) is 0 Å². The van der Waals surface area contributed by atoms with Gasteiger partial charge in [-0.2, -0.15) is 0 Å². The monoisotopic (exact) mass is 488 g/mol. The second kappa shape index (κ2) is 11.8. The number of unbranched alkanes of at least 4 members (excludes halogenated alkanes) is 1. The van der Waals surface area contributed by atoms with E-state index in [1.54, 1.807) is 18.2 Å². The van der Waals surface area contributed by atoms with Crippen LogP contribution in [-0.4, -0.2) is 26.4 Å². The lowest BCUT2D eigenvalue weighted by Crippen LogP contribution is -2.28. The highest BCUT2D eigenvalue weighted by molar-refractivity contribution is 5.71. The molecule has 0 atom stereocenters. The molecule has 0 aliphatic carbocycles. The highest BCUT2D eigenvalue weighted by atomic mass is 19.2. The second-order valence-corrected chi connectivity index (χ2v) is 8.68. The molecule has 0 bridgehead atoms. The summed E-state index contributed by atoms with van der Waals surface area (Å²) in [4.78, 5) is 0. The van der Waals surface area contributed by atoms with Crippen LogP contribution in [0.4, 0.5) is 17.6 Å². The van der Waals surface area contributed by atoms with Gasteiger partial charge < -0.3 is 14.2 Å². The maximum Gasteiger partial charge on any atom is 0.183 e. The Balaban J connectivity index is 1.40. The lowest BCUT2D eigenvalue weighted by molar-refractivity contribution is -0.207. The Labute approximate surface area is 202 Å². The minimum atomic E-state index is -1.06. The zero-order valence-corrected chi connectivity index (χ0v) is 19.5. The van der Waals surface area contributed by atoms with Crippen LogP contribution >= 0.6 is 0 Å².